The molecule has 0 spiro atoms. The van der Waals surface area contributed by atoms with Crippen molar-refractivity contribution in [2.24, 2.45) is 0 Å². The molecule has 2 aromatic rings. The number of nitrogens with one attached hydrogen (secondary N) is 1. The largest absolute Gasteiger partial charge is 0.491 e. The van der Waals surface area contributed by atoms with E-state index in [-0.39, 0.29) is 11.8 Å². The van der Waals surface area contributed by atoms with Crippen LogP contribution in [0.5, 0.6) is 5.75 Å². The van der Waals surface area contributed by atoms with Crippen LogP contribution in [-0.2, 0) is 9.59 Å². The molecule has 1 N–H and O–H groups in total. The van der Waals surface area contributed by atoms with Gasteiger partial charge in [-0.05, 0) is 31.5 Å². The van der Waals surface area contributed by atoms with Gasteiger partial charge in [-0.25, -0.2) is 0 Å². The number of nitrogens with zero attached hydrogens (tertiary/aromatic N) is 1. The fourth-order valence-electron chi connectivity index (χ4n) is 3.10. The quantitative estimate of drug-likeness (QED) is 0.912. The number of benzene rings is 2. The lowest BCUT2D eigenvalue weighted by molar-refractivity contribution is -0.126. The van der Waals surface area contributed by atoms with Crippen LogP contribution in [0.3, 0.4) is 0 Å². The molecule has 5 heteroatoms. The van der Waals surface area contributed by atoms with Crippen molar-refractivity contribution in [3.63, 3.8) is 0 Å². The summed E-state index contributed by atoms with van der Waals surface area (Å²) in [5.74, 6) is 0.477. The number of anilines is 1. The number of carbonyl (C=O) groups excluding carboxylic acids is 2. The molecule has 0 fully saturated rings. The van der Waals surface area contributed by atoms with Crippen molar-refractivity contribution in [2.45, 2.75) is 26.8 Å². The Morgan fingerprint density at radius 3 is 2.68 bits per heavy atom. The third-order valence-corrected chi connectivity index (χ3v) is 4.31. The highest BCUT2D eigenvalue weighted by Crippen LogP contribution is 2.36. The summed E-state index contributed by atoms with van der Waals surface area (Å²) in [4.78, 5) is 25.9. The van der Waals surface area contributed by atoms with Crippen molar-refractivity contribution in [3.05, 3.63) is 59.2 Å². The summed E-state index contributed by atoms with van der Waals surface area (Å²) in [5.41, 5.74) is 3.79. The van der Waals surface area contributed by atoms with Gasteiger partial charge in [-0.2, -0.15) is 0 Å². The molecular formula is C20H22N2O3. The van der Waals surface area contributed by atoms with Gasteiger partial charge >= 0.3 is 0 Å². The van der Waals surface area contributed by atoms with E-state index in [2.05, 4.69) is 5.32 Å². The van der Waals surface area contributed by atoms with Crippen LogP contribution in [0.1, 0.15) is 29.7 Å². The van der Waals surface area contributed by atoms with Crippen LogP contribution in [-0.4, -0.2) is 25.0 Å². The normalized spacial score (nSPS) is 15.9. The molecule has 0 unspecified atom stereocenters. The molecule has 3 rings (SSSR count). The Balaban J connectivity index is 1.76. The van der Waals surface area contributed by atoms with Crippen molar-refractivity contribution in [1.82, 2.24) is 5.32 Å². The minimum Gasteiger partial charge on any atom is -0.491 e. The fourth-order valence-corrected chi connectivity index (χ4v) is 3.10. The second-order valence-corrected chi connectivity index (χ2v) is 6.30. The number of fused-ring (bicyclic) bond motifs is 1. The Labute approximate surface area is 147 Å². The van der Waals surface area contributed by atoms with Gasteiger partial charge in [0.05, 0.1) is 6.54 Å². The summed E-state index contributed by atoms with van der Waals surface area (Å²) in [6, 6.07) is 13.0. The molecule has 0 aromatic heterocycles. The zero-order valence-electron chi connectivity index (χ0n) is 14.7. The van der Waals surface area contributed by atoms with E-state index >= 15 is 0 Å². The Morgan fingerprint density at radius 2 is 1.96 bits per heavy atom. The van der Waals surface area contributed by atoms with Crippen LogP contribution in [0, 0.1) is 13.8 Å². The smallest absolute Gasteiger partial charge is 0.254 e. The van der Waals surface area contributed by atoms with Crippen molar-refractivity contribution in [1.29, 1.82) is 0 Å². The SMILES string of the molecule is CC(=O)N[C@H]1C(=O)N(CCOc2ccccc2C)c2ccc(C)cc21. The summed E-state index contributed by atoms with van der Waals surface area (Å²) in [7, 11) is 0. The molecule has 130 valence electrons. The van der Waals surface area contributed by atoms with Crippen molar-refractivity contribution in [3.8, 4) is 5.75 Å². The van der Waals surface area contributed by atoms with E-state index in [1.807, 2.05) is 56.3 Å². The minimum atomic E-state index is -0.620. The molecular weight excluding hydrogens is 316 g/mol. The summed E-state index contributed by atoms with van der Waals surface area (Å²) >= 11 is 0. The zero-order chi connectivity index (χ0) is 18.0. The van der Waals surface area contributed by atoms with Gasteiger partial charge in [0.15, 0.2) is 0 Å². The molecule has 0 saturated carbocycles. The first-order chi connectivity index (χ1) is 12.0. The standard InChI is InChI=1S/C20H22N2O3/c1-13-8-9-17-16(12-13)19(21-15(3)23)20(24)22(17)10-11-25-18-7-5-4-6-14(18)2/h4-9,12,19H,10-11H2,1-3H3,(H,21,23)/t19-/m1/s1. The Bertz CT molecular complexity index is 816. The van der Waals surface area contributed by atoms with Crippen LogP contribution >= 0.6 is 0 Å². The van der Waals surface area contributed by atoms with Crippen molar-refractivity contribution >= 4 is 17.5 Å². The monoisotopic (exact) mass is 338 g/mol. The Kier molecular flexibility index (Phi) is 4.74. The van der Waals surface area contributed by atoms with Gasteiger partial charge in [0.2, 0.25) is 5.91 Å². The highest BCUT2D eigenvalue weighted by Gasteiger charge is 2.37. The van der Waals surface area contributed by atoms with E-state index in [4.69, 9.17) is 4.74 Å². The van der Waals surface area contributed by atoms with Gasteiger partial charge in [0, 0.05) is 18.2 Å². The van der Waals surface area contributed by atoms with E-state index < -0.39 is 6.04 Å². The Morgan fingerprint density at radius 1 is 1.20 bits per heavy atom. The number of hydrogen-bond acceptors (Lipinski definition) is 3. The average Bonchev–Trinajstić information content (AvgIpc) is 2.81. The highest BCUT2D eigenvalue weighted by molar-refractivity contribution is 6.06. The number of para-hydroxylation sites is 1. The molecule has 1 aliphatic heterocycles. The maximum absolute atomic E-state index is 12.8. The van der Waals surface area contributed by atoms with Gasteiger partial charge in [0.25, 0.3) is 5.91 Å². The number of aryl methyl sites for hydroxylation is 2. The minimum absolute atomic E-state index is 0.121. The lowest BCUT2D eigenvalue weighted by Crippen LogP contribution is -2.38. The molecule has 1 aliphatic rings. The summed E-state index contributed by atoms with van der Waals surface area (Å²) in [6.07, 6.45) is 0. The zero-order valence-corrected chi connectivity index (χ0v) is 14.7. The second-order valence-electron chi connectivity index (χ2n) is 6.30. The molecule has 2 aromatic carbocycles. The number of ether oxygens (including phenoxy) is 1. The van der Waals surface area contributed by atoms with Crippen LogP contribution in [0.25, 0.3) is 0 Å². The van der Waals surface area contributed by atoms with E-state index in [0.717, 1.165) is 28.1 Å². The highest BCUT2D eigenvalue weighted by atomic mass is 16.5. The van der Waals surface area contributed by atoms with E-state index in [0.29, 0.717) is 13.2 Å². The van der Waals surface area contributed by atoms with E-state index in [1.54, 1.807) is 4.90 Å². The third-order valence-electron chi connectivity index (χ3n) is 4.31. The summed E-state index contributed by atoms with van der Waals surface area (Å²) < 4.78 is 5.82. The molecule has 5 nitrogen and oxygen atoms in total. The topological polar surface area (TPSA) is 58.6 Å². The number of carbonyl (C=O) groups is 2. The van der Waals surface area contributed by atoms with E-state index in [1.165, 1.54) is 6.92 Å². The summed E-state index contributed by atoms with van der Waals surface area (Å²) in [6.45, 7) is 6.20. The first kappa shape index (κ1) is 17.0. The van der Waals surface area contributed by atoms with Crippen LogP contribution in [0.4, 0.5) is 5.69 Å². The molecule has 0 saturated heterocycles. The molecule has 0 bridgehead atoms. The second kappa shape index (κ2) is 6.97. The van der Waals surface area contributed by atoms with E-state index in [9.17, 15) is 9.59 Å². The maximum atomic E-state index is 12.8. The van der Waals surface area contributed by atoms with Crippen LogP contribution in [0.15, 0.2) is 42.5 Å². The number of rotatable bonds is 5. The molecule has 1 atom stereocenters. The van der Waals surface area contributed by atoms with Gasteiger partial charge in [-0.1, -0.05) is 35.9 Å². The van der Waals surface area contributed by atoms with Gasteiger partial charge in [-0.15, -0.1) is 0 Å². The fraction of sp³-hybridized carbons (Fsp3) is 0.300. The predicted molar refractivity (Wildman–Crippen MR) is 96.8 cm³/mol. The molecule has 0 aliphatic carbocycles. The molecule has 2 amide bonds. The van der Waals surface area contributed by atoms with Crippen LogP contribution in [0.2, 0.25) is 0 Å². The third kappa shape index (κ3) is 3.50. The first-order valence-electron chi connectivity index (χ1n) is 8.35. The molecule has 25 heavy (non-hydrogen) atoms. The maximum Gasteiger partial charge on any atom is 0.254 e. The first-order valence-corrected chi connectivity index (χ1v) is 8.35. The lowest BCUT2D eigenvalue weighted by Gasteiger charge is -2.19. The van der Waals surface area contributed by atoms with Gasteiger partial charge < -0.3 is 15.0 Å². The number of amides is 2. The van der Waals surface area contributed by atoms with Gasteiger partial charge in [0.1, 0.15) is 18.4 Å². The molecule has 0 radical (unpaired) electrons. The molecule has 1 heterocycles. The predicted octanol–water partition coefficient (Wildman–Crippen LogP) is 2.91. The van der Waals surface area contributed by atoms with Crippen molar-refractivity contribution < 1.29 is 14.3 Å². The number of hydrogen-bond donors (Lipinski definition) is 1. The lowest BCUT2D eigenvalue weighted by atomic mass is 10.1. The summed E-state index contributed by atoms with van der Waals surface area (Å²) in [5, 5.41) is 2.75. The Hall–Kier alpha value is -2.82. The van der Waals surface area contributed by atoms with Gasteiger partial charge in [-0.3, -0.25) is 9.59 Å². The van der Waals surface area contributed by atoms with Crippen molar-refractivity contribution in [2.75, 3.05) is 18.1 Å². The average molecular weight is 338 g/mol. The van der Waals surface area contributed by atoms with Crippen LogP contribution < -0.4 is 15.0 Å².